The molecule has 0 unspecified atom stereocenters. The second-order valence-corrected chi connectivity index (χ2v) is 4.87. The Morgan fingerprint density at radius 3 is 3.05 bits per heavy atom. The second kappa shape index (κ2) is 6.16. The van der Waals surface area contributed by atoms with Crippen molar-refractivity contribution in [2.24, 2.45) is 0 Å². The molecule has 0 amide bonds. The Kier molecular flexibility index (Phi) is 4.32. The summed E-state index contributed by atoms with van der Waals surface area (Å²) in [5.41, 5.74) is 1.79. The first-order valence-electron chi connectivity index (χ1n) is 5.63. The first-order valence-corrected chi connectivity index (χ1v) is 6.42. The van der Waals surface area contributed by atoms with Crippen LogP contribution in [-0.2, 0) is 17.9 Å². The summed E-state index contributed by atoms with van der Waals surface area (Å²) in [5, 5.41) is 28.3. The summed E-state index contributed by atoms with van der Waals surface area (Å²) in [4.78, 5) is 10.5. The number of hydrogen-bond acceptors (Lipinski definition) is 5. The van der Waals surface area contributed by atoms with Gasteiger partial charge in [0.2, 0.25) is 0 Å². The van der Waals surface area contributed by atoms with Crippen molar-refractivity contribution in [3.63, 3.8) is 0 Å². The van der Waals surface area contributed by atoms with Gasteiger partial charge in [-0.2, -0.15) is 5.26 Å². The monoisotopic (exact) mass is 335 g/mol. The number of nitriles is 1. The third-order valence-corrected chi connectivity index (χ3v) is 2.94. The van der Waals surface area contributed by atoms with Gasteiger partial charge in [0.25, 0.3) is 0 Å². The van der Waals surface area contributed by atoms with E-state index in [9.17, 15) is 4.79 Å². The van der Waals surface area contributed by atoms with Crippen LogP contribution in [0.5, 0.6) is 0 Å². The molecule has 2 aromatic rings. The maximum absolute atomic E-state index is 10.5. The van der Waals surface area contributed by atoms with Crippen LogP contribution in [0.15, 0.2) is 28.9 Å². The van der Waals surface area contributed by atoms with E-state index in [-0.39, 0.29) is 6.54 Å². The number of carboxylic acids is 1. The van der Waals surface area contributed by atoms with Gasteiger partial charge < -0.3 is 10.4 Å². The Morgan fingerprint density at radius 2 is 2.35 bits per heavy atom. The fourth-order valence-corrected chi connectivity index (χ4v) is 1.95. The SMILES string of the molecule is N#Cc1cc(Br)ccc1NCc1cn(CC(=O)O)nn1. The molecule has 0 saturated heterocycles. The zero-order valence-electron chi connectivity index (χ0n) is 10.2. The number of nitrogens with one attached hydrogen (secondary N) is 1. The normalized spacial score (nSPS) is 10.0. The number of halogens is 1. The van der Waals surface area contributed by atoms with Crippen molar-refractivity contribution in [2.45, 2.75) is 13.1 Å². The molecule has 0 fully saturated rings. The number of aromatic nitrogens is 3. The Hall–Kier alpha value is -2.40. The number of carbonyl (C=O) groups is 1. The third-order valence-electron chi connectivity index (χ3n) is 2.45. The van der Waals surface area contributed by atoms with E-state index in [0.29, 0.717) is 23.5 Å². The van der Waals surface area contributed by atoms with Gasteiger partial charge in [0.15, 0.2) is 0 Å². The van der Waals surface area contributed by atoms with Crippen molar-refractivity contribution in [2.75, 3.05) is 5.32 Å². The quantitative estimate of drug-likeness (QED) is 0.860. The van der Waals surface area contributed by atoms with Gasteiger partial charge in [-0.1, -0.05) is 21.1 Å². The van der Waals surface area contributed by atoms with Gasteiger partial charge in [-0.05, 0) is 18.2 Å². The molecule has 0 aliphatic rings. The van der Waals surface area contributed by atoms with Crippen LogP contribution >= 0.6 is 15.9 Å². The average molecular weight is 336 g/mol. The lowest BCUT2D eigenvalue weighted by Gasteiger charge is -2.06. The van der Waals surface area contributed by atoms with Gasteiger partial charge in [-0.25, -0.2) is 4.68 Å². The Bertz CT molecular complexity index is 677. The minimum atomic E-state index is -0.978. The Morgan fingerprint density at radius 1 is 1.55 bits per heavy atom. The highest BCUT2D eigenvalue weighted by Gasteiger charge is 2.06. The molecule has 1 aromatic heterocycles. The van der Waals surface area contributed by atoms with E-state index in [1.807, 2.05) is 6.07 Å². The van der Waals surface area contributed by atoms with E-state index in [0.717, 1.165) is 4.47 Å². The van der Waals surface area contributed by atoms with E-state index in [1.165, 1.54) is 4.68 Å². The fraction of sp³-hybridized carbons (Fsp3) is 0.167. The highest BCUT2D eigenvalue weighted by molar-refractivity contribution is 9.10. The van der Waals surface area contributed by atoms with Gasteiger partial charge in [0.1, 0.15) is 18.3 Å². The standard InChI is InChI=1S/C12H10BrN5O2/c13-9-1-2-11(8(3-9)4-14)15-5-10-6-18(17-16-10)7-12(19)20/h1-3,6,15H,5,7H2,(H,19,20). The largest absolute Gasteiger partial charge is 0.480 e. The van der Waals surface area contributed by atoms with Crippen molar-refractivity contribution in [3.05, 3.63) is 40.1 Å². The van der Waals surface area contributed by atoms with Crippen LogP contribution < -0.4 is 5.32 Å². The predicted molar refractivity (Wildman–Crippen MR) is 73.8 cm³/mol. The minimum absolute atomic E-state index is 0.227. The van der Waals surface area contributed by atoms with Gasteiger partial charge in [0.05, 0.1) is 24.0 Å². The van der Waals surface area contributed by atoms with Crippen LogP contribution in [0.1, 0.15) is 11.3 Å². The van der Waals surface area contributed by atoms with Crippen molar-refractivity contribution in [1.82, 2.24) is 15.0 Å². The molecule has 0 atom stereocenters. The predicted octanol–water partition coefficient (Wildman–Crippen LogP) is 1.61. The lowest BCUT2D eigenvalue weighted by molar-refractivity contribution is -0.137. The third kappa shape index (κ3) is 3.55. The first kappa shape index (κ1) is 14.0. The molecule has 0 bridgehead atoms. The van der Waals surface area contributed by atoms with E-state index < -0.39 is 5.97 Å². The van der Waals surface area contributed by atoms with Crippen molar-refractivity contribution >= 4 is 27.6 Å². The maximum Gasteiger partial charge on any atom is 0.325 e. The van der Waals surface area contributed by atoms with Crippen molar-refractivity contribution in [3.8, 4) is 6.07 Å². The Labute approximate surface area is 123 Å². The van der Waals surface area contributed by atoms with Crippen LogP contribution in [0.4, 0.5) is 5.69 Å². The van der Waals surface area contributed by atoms with Crippen LogP contribution in [-0.4, -0.2) is 26.1 Å². The summed E-state index contributed by atoms with van der Waals surface area (Å²) < 4.78 is 2.07. The average Bonchev–Trinajstić information content (AvgIpc) is 2.84. The highest BCUT2D eigenvalue weighted by atomic mass is 79.9. The smallest absolute Gasteiger partial charge is 0.325 e. The number of aliphatic carboxylic acids is 1. The fourth-order valence-electron chi connectivity index (χ4n) is 1.58. The molecular weight excluding hydrogens is 326 g/mol. The summed E-state index contributed by atoms with van der Waals surface area (Å²) in [6.07, 6.45) is 1.55. The van der Waals surface area contributed by atoms with Crippen LogP contribution in [0.3, 0.4) is 0 Å². The molecule has 2 N–H and O–H groups in total. The number of anilines is 1. The van der Waals surface area contributed by atoms with Crippen LogP contribution in [0.25, 0.3) is 0 Å². The van der Waals surface area contributed by atoms with E-state index >= 15 is 0 Å². The van der Waals surface area contributed by atoms with Crippen molar-refractivity contribution < 1.29 is 9.90 Å². The second-order valence-electron chi connectivity index (χ2n) is 3.96. The molecule has 2 rings (SSSR count). The Balaban J connectivity index is 2.04. The first-order chi connectivity index (χ1) is 9.58. The zero-order chi connectivity index (χ0) is 14.5. The summed E-state index contributed by atoms with van der Waals surface area (Å²) in [6.45, 7) is 0.130. The van der Waals surface area contributed by atoms with Gasteiger partial charge in [-0.15, -0.1) is 5.10 Å². The molecule has 0 spiro atoms. The number of carboxylic acid groups (broad SMARTS) is 1. The lowest BCUT2D eigenvalue weighted by Crippen LogP contribution is -2.09. The lowest BCUT2D eigenvalue weighted by atomic mass is 10.2. The summed E-state index contributed by atoms with van der Waals surface area (Å²) in [5.74, 6) is -0.978. The van der Waals surface area contributed by atoms with Crippen LogP contribution in [0.2, 0.25) is 0 Å². The van der Waals surface area contributed by atoms with Crippen molar-refractivity contribution in [1.29, 1.82) is 5.26 Å². The number of nitrogens with zero attached hydrogens (tertiary/aromatic N) is 4. The summed E-state index contributed by atoms with van der Waals surface area (Å²) >= 11 is 3.30. The van der Waals surface area contributed by atoms with E-state index in [1.54, 1.807) is 18.3 Å². The molecule has 0 saturated carbocycles. The summed E-state index contributed by atoms with van der Waals surface area (Å²) in [6, 6.07) is 7.41. The molecule has 20 heavy (non-hydrogen) atoms. The number of hydrogen-bond donors (Lipinski definition) is 2. The molecule has 0 radical (unpaired) electrons. The maximum atomic E-state index is 10.5. The molecule has 0 aliphatic carbocycles. The van der Waals surface area contributed by atoms with Crippen LogP contribution in [0, 0.1) is 11.3 Å². The van der Waals surface area contributed by atoms with Gasteiger partial charge in [-0.3, -0.25) is 4.79 Å². The molecule has 8 heteroatoms. The van der Waals surface area contributed by atoms with E-state index in [4.69, 9.17) is 10.4 Å². The molecule has 1 aromatic carbocycles. The number of rotatable bonds is 5. The molecular formula is C12H10BrN5O2. The van der Waals surface area contributed by atoms with E-state index in [2.05, 4.69) is 37.6 Å². The number of benzene rings is 1. The molecule has 0 aliphatic heterocycles. The minimum Gasteiger partial charge on any atom is -0.480 e. The topological polar surface area (TPSA) is 104 Å². The van der Waals surface area contributed by atoms with Gasteiger partial charge >= 0.3 is 5.97 Å². The molecule has 7 nitrogen and oxygen atoms in total. The molecule has 1 heterocycles. The molecule has 102 valence electrons. The van der Waals surface area contributed by atoms with Gasteiger partial charge in [0, 0.05) is 4.47 Å². The zero-order valence-corrected chi connectivity index (χ0v) is 11.8. The highest BCUT2D eigenvalue weighted by Crippen LogP contribution is 2.20. The summed E-state index contributed by atoms with van der Waals surface area (Å²) in [7, 11) is 0.